The van der Waals surface area contributed by atoms with E-state index >= 15 is 0 Å². The molecule has 0 radical (unpaired) electrons. The minimum absolute atomic E-state index is 0.137. The number of alkyl halides is 4. The third-order valence-corrected chi connectivity index (χ3v) is 3.48. The van der Waals surface area contributed by atoms with Gasteiger partial charge in [-0.2, -0.15) is 18.2 Å². The van der Waals surface area contributed by atoms with E-state index < -0.39 is 64.8 Å². The highest BCUT2D eigenvalue weighted by Crippen LogP contribution is 2.30. The molecule has 0 N–H and O–H groups in total. The van der Waals surface area contributed by atoms with Gasteiger partial charge in [0.15, 0.2) is 5.69 Å². The summed E-state index contributed by atoms with van der Waals surface area (Å²) in [5.74, 6) is -2.27. The van der Waals surface area contributed by atoms with Crippen LogP contribution in [0.5, 0.6) is 6.01 Å². The van der Waals surface area contributed by atoms with E-state index in [9.17, 15) is 31.5 Å². The average Bonchev–Trinajstić information content (AvgIpc) is 2.58. The van der Waals surface area contributed by atoms with Gasteiger partial charge in [-0.15, -0.1) is 0 Å². The topological polar surface area (TPSA) is 70.4 Å². The Morgan fingerprint density at radius 1 is 1.30 bits per heavy atom. The zero-order valence-corrected chi connectivity index (χ0v) is 14.2. The SMILES string of the molecule is COc1nc(C(F)(F)F)cc(=O)n1-c1cc(C(=O)OCCF)c(Cl)cc1F. The molecule has 27 heavy (non-hydrogen) atoms. The first-order chi connectivity index (χ1) is 12.6. The number of aromatic nitrogens is 2. The molecule has 0 atom stereocenters. The van der Waals surface area contributed by atoms with Gasteiger partial charge in [0.25, 0.3) is 5.56 Å². The summed E-state index contributed by atoms with van der Waals surface area (Å²) in [6, 6.07) is 0.667. The molecule has 0 saturated carbocycles. The monoisotopic (exact) mass is 412 g/mol. The number of nitrogens with zero attached hydrogens (tertiary/aromatic N) is 2. The second-order valence-electron chi connectivity index (χ2n) is 4.91. The molecule has 0 bridgehead atoms. The summed E-state index contributed by atoms with van der Waals surface area (Å²) in [6.45, 7) is -1.57. The molecule has 0 aliphatic carbocycles. The molecule has 1 aromatic heterocycles. The van der Waals surface area contributed by atoms with Crippen LogP contribution in [-0.2, 0) is 10.9 Å². The number of hydrogen-bond donors (Lipinski definition) is 0. The lowest BCUT2D eigenvalue weighted by Crippen LogP contribution is -2.25. The summed E-state index contributed by atoms with van der Waals surface area (Å²) in [5, 5.41) is -0.410. The van der Waals surface area contributed by atoms with Gasteiger partial charge in [-0.3, -0.25) is 4.79 Å². The summed E-state index contributed by atoms with van der Waals surface area (Å²) in [5.41, 5.74) is -3.96. The van der Waals surface area contributed by atoms with Crippen molar-refractivity contribution in [3.8, 4) is 11.7 Å². The number of carbonyl (C=O) groups excluding carboxylic acids is 1. The molecule has 1 aromatic carbocycles. The largest absolute Gasteiger partial charge is 0.468 e. The first-order valence-corrected chi connectivity index (χ1v) is 7.45. The molecule has 0 fully saturated rings. The summed E-state index contributed by atoms with van der Waals surface area (Å²) in [6.07, 6.45) is -4.94. The Labute approximate surface area is 153 Å². The maximum Gasteiger partial charge on any atom is 0.433 e. The van der Waals surface area contributed by atoms with Crippen LogP contribution in [0, 0.1) is 5.82 Å². The quantitative estimate of drug-likeness (QED) is 0.557. The van der Waals surface area contributed by atoms with Crippen LogP contribution in [0.25, 0.3) is 5.69 Å². The van der Waals surface area contributed by atoms with E-state index in [0.717, 1.165) is 13.2 Å². The van der Waals surface area contributed by atoms with Crippen LogP contribution in [-0.4, -0.2) is 35.9 Å². The molecule has 0 aliphatic heterocycles. The highest BCUT2D eigenvalue weighted by atomic mass is 35.5. The number of methoxy groups -OCH3 is 1. The van der Waals surface area contributed by atoms with E-state index in [-0.39, 0.29) is 6.07 Å². The van der Waals surface area contributed by atoms with Crippen molar-refractivity contribution < 1.29 is 36.2 Å². The molecule has 0 saturated heterocycles. The zero-order chi connectivity index (χ0) is 20.4. The number of rotatable bonds is 5. The molecule has 2 rings (SSSR count). The Kier molecular flexibility index (Phi) is 6.04. The Balaban J connectivity index is 2.68. The Bertz CT molecular complexity index is 930. The lowest BCUT2D eigenvalue weighted by molar-refractivity contribution is -0.141. The third-order valence-electron chi connectivity index (χ3n) is 3.17. The predicted molar refractivity (Wildman–Crippen MR) is 82.6 cm³/mol. The average molecular weight is 413 g/mol. The lowest BCUT2D eigenvalue weighted by atomic mass is 10.2. The molecule has 0 spiro atoms. The van der Waals surface area contributed by atoms with E-state index in [4.69, 9.17) is 11.6 Å². The van der Waals surface area contributed by atoms with Crippen molar-refractivity contribution in [3.63, 3.8) is 0 Å². The maximum atomic E-state index is 14.3. The Morgan fingerprint density at radius 3 is 2.52 bits per heavy atom. The summed E-state index contributed by atoms with van der Waals surface area (Å²) < 4.78 is 74.4. The van der Waals surface area contributed by atoms with Crippen molar-refractivity contribution in [1.82, 2.24) is 9.55 Å². The van der Waals surface area contributed by atoms with Crippen LogP contribution in [0.1, 0.15) is 16.1 Å². The van der Waals surface area contributed by atoms with Gasteiger partial charge in [0.2, 0.25) is 0 Å². The van der Waals surface area contributed by atoms with E-state index in [2.05, 4.69) is 14.5 Å². The second kappa shape index (κ2) is 7.91. The van der Waals surface area contributed by atoms with Crippen LogP contribution in [0.4, 0.5) is 22.0 Å². The smallest absolute Gasteiger partial charge is 0.433 e. The highest BCUT2D eigenvalue weighted by molar-refractivity contribution is 6.33. The van der Waals surface area contributed by atoms with Crippen LogP contribution in [0.15, 0.2) is 23.0 Å². The molecule has 1 heterocycles. The van der Waals surface area contributed by atoms with E-state index in [1.165, 1.54) is 0 Å². The highest BCUT2D eigenvalue weighted by Gasteiger charge is 2.35. The minimum atomic E-state index is -4.94. The van der Waals surface area contributed by atoms with E-state index in [1.54, 1.807) is 0 Å². The molecule has 2 aromatic rings. The van der Waals surface area contributed by atoms with Crippen LogP contribution in [0.3, 0.4) is 0 Å². The lowest BCUT2D eigenvalue weighted by Gasteiger charge is -2.15. The molecule has 146 valence electrons. The van der Waals surface area contributed by atoms with Gasteiger partial charge in [-0.05, 0) is 12.1 Å². The summed E-state index contributed by atoms with van der Waals surface area (Å²) in [4.78, 5) is 27.1. The maximum absolute atomic E-state index is 14.3. The molecule has 0 unspecified atom stereocenters. The van der Waals surface area contributed by atoms with Crippen LogP contribution in [0.2, 0.25) is 5.02 Å². The van der Waals surface area contributed by atoms with Crippen molar-refractivity contribution in [3.05, 3.63) is 50.7 Å². The van der Waals surface area contributed by atoms with Gasteiger partial charge in [0.1, 0.15) is 19.1 Å². The fourth-order valence-corrected chi connectivity index (χ4v) is 2.27. The van der Waals surface area contributed by atoms with Crippen molar-refractivity contribution in [2.75, 3.05) is 20.4 Å². The van der Waals surface area contributed by atoms with Gasteiger partial charge in [0.05, 0.1) is 23.4 Å². The number of benzene rings is 1. The van der Waals surface area contributed by atoms with Crippen molar-refractivity contribution in [2.24, 2.45) is 0 Å². The van der Waals surface area contributed by atoms with Gasteiger partial charge in [-0.25, -0.2) is 18.1 Å². The van der Waals surface area contributed by atoms with Gasteiger partial charge >= 0.3 is 18.2 Å². The number of halogens is 6. The predicted octanol–water partition coefficient (Wildman–Crippen LogP) is 3.18. The first kappa shape index (κ1) is 20.6. The standard InChI is InChI=1S/C15H10ClF5N2O4/c1-26-14-22-11(15(19,20)21)6-12(24)23(14)10-4-7(8(16)5-9(10)18)13(25)27-3-2-17/h4-6H,2-3H2,1H3. The molecule has 12 heteroatoms. The summed E-state index contributed by atoms with van der Waals surface area (Å²) in [7, 11) is 0.919. The molecule has 0 aliphatic rings. The molecular weight excluding hydrogens is 403 g/mol. The second-order valence-corrected chi connectivity index (χ2v) is 5.32. The molecule has 6 nitrogen and oxygen atoms in total. The number of esters is 1. The first-order valence-electron chi connectivity index (χ1n) is 7.08. The minimum Gasteiger partial charge on any atom is -0.468 e. The zero-order valence-electron chi connectivity index (χ0n) is 13.4. The number of carbonyl (C=O) groups is 1. The van der Waals surface area contributed by atoms with Gasteiger partial charge < -0.3 is 9.47 Å². The third kappa shape index (κ3) is 4.35. The molecular formula is C15H10ClF5N2O4. The Hall–Kier alpha value is -2.69. The van der Waals surface area contributed by atoms with E-state index in [1.807, 2.05) is 0 Å². The molecule has 0 amide bonds. The Morgan fingerprint density at radius 2 is 1.96 bits per heavy atom. The van der Waals surface area contributed by atoms with Gasteiger partial charge in [-0.1, -0.05) is 11.6 Å². The summed E-state index contributed by atoms with van der Waals surface area (Å²) >= 11 is 5.74. The van der Waals surface area contributed by atoms with Crippen molar-refractivity contribution >= 4 is 17.6 Å². The van der Waals surface area contributed by atoms with Gasteiger partial charge in [0, 0.05) is 6.07 Å². The van der Waals surface area contributed by atoms with Crippen molar-refractivity contribution in [2.45, 2.75) is 6.18 Å². The fourth-order valence-electron chi connectivity index (χ4n) is 2.04. The van der Waals surface area contributed by atoms with Crippen molar-refractivity contribution in [1.29, 1.82) is 0 Å². The van der Waals surface area contributed by atoms with Crippen LogP contribution >= 0.6 is 11.6 Å². The van der Waals surface area contributed by atoms with Crippen LogP contribution < -0.4 is 10.3 Å². The van der Waals surface area contributed by atoms with E-state index in [0.29, 0.717) is 10.6 Å². The number of ether oxygens (including phenoxy) is 2. The normalized spacial score (nSPS) is 11.4. The fraction of sp³-hybridized carbons (Fsp3) is 0.267. The number of hydrogen-bond acceptors (Lipinski definition) is 5.